The van der Waals surface area contributed by atoms with E-state index in [2.05, 4.69) is 15.5 Å². The van der Waals surface area contributed by atoms with E-state index in [1.54, 1.807) is 17.0 Å². The van der Waals surface area contributed by atoms with E-state index >= 15 is 0 Å². The molecule has 0 bridgehead atoms. The number of urea groups is 1. The molecule has 0 atom stereocenters. The van der Waals surface area contributed by atoms with Crippen molar-refractivity contribution in [2.24, 2.45) is 0 Å². The SMILES string of the molecule is O=C(NCc1ccc(F)cc1)N1CC(c2nc(-c3ccccc3)no2)C1. The number of aromatic nitrogens is 2. The fourth-order valence-corrected chi connectivity index (χ4v) is 2.80. The quantitative estimate of drug-likeness (QED) is 0.783. The highest BCUT2D eigenvalue weighted by Crippen LogP contribution is 2.27. The topological polar surface area (TPSA) is 71.3 Å². The van der Waals surface area contributed by atoms with Crippen molar-refractivity contribution in [2.75, 3.05) is 13.1 Å². The molecule has 6 nitrogen and oxygen atoms in total. The molecular weight excluding hydrogens is 335 g/mol. The summed E-state index contributed by atoms with van der Waals surface area (Å²) in [6.07, 6.45) is 0. The van der Waals surface area contributed by atoms with E-state index < -0.39 is 0 Å². The van der Waals surface area contributed by atoms with Gasteiger partial charge >= 0.3 is 6.03 Å². The molecule has 7 heteroatoms. The maximum Gasteiger partial charge on any atom is 0.317 e. The molecule has 2 amide bonds. The van der Waals surface area contributed by atoms with Crippen LogP contribution < -0.4 is 5.32 Å². The monoisotopic (exact) mass is 352 g/mol. The van der Waals surface area contributed by atoms with Gasteiger partial charge in [-0.05, 0) is 17.7 Å². The Hall–Kier alpha value is -3.22. The minimum absolute atomic E-state index is 0.0523. The van der Waals surface area contributed by atoms with Crippen molar-refractivity contribution in [1.82, 2.24) is 20.4 Å². The molecule has 0 aliphatic carbocycles. The number of hydrogen-bond acceptors (Lipinski definition) is 4. The number of likely N-dealkylation sites (tertiary alicyclic amines) is 1. The first-order valence-corrected chi connectivity index (χ1v) is 8.35. The largest absolute Gasteiger partial charge is 0.339 e. The van der Waals surface area contributed by atoms with Crippen molar-refractivity contribution in [3.05, 3.63) is 71.9 Å². The molecule has 26 heavy (non-hydrogen) atoms. The third-order valence-corrected chi connectivity index (χ3v) is 4.35. The van der Waals surface area contributed by atoms with Gasteiger partial charge in [-0.25, -0.2) is 9.18 Å². The Morgan fingerprint density at radius 1 is 1.15 bits per heavy atom. The molecule has 1 N–H and O–H groups in total. The highest BCUT2D eigenvalue weighted by atomic mass is 19.1. The molecule has 0 saturated carbocycles. The van der Waals surface area contributed by atoms with Gasteiger partial charge in [-0.3, -0.25) is 0 Å². The number of nitrogens with one attached hydrogen (secondary N) is 1. The van der Waals surface area contributed by atoms with Gasteiger partial charge in [0, 0.05) is 25.2 Å². The molecule has 1 aliphatic heterocycles. The van der Waals surface area contributed by atoms with Crippen LogP contribution in [0.4, 0.5) is 9.18 Å². The molecule has 2 aromatic carbocycles. The second-order valence-corrected chi connectivity index (χ2v) is 6.21. The maximum atomic E-state index is 12.9. The summed E-state index contributed by atoms with van der Waals surface area (Å²) in [7, 11) is 0. The van der Waals surface area contributed by atoms with Gasteiger partial charge < -0.3 is 14.7 Å². The summed E-state index contributed by atoms with van der Waals surface area (Å²) in [6.45, 7) is 1.43. The summed E-state index contributed by atoms with van der Waals surface area (Å²) in [4.78, 5) is 18.3. The second-order valence-electron chi connectivity index (χ2n) is 6.21. The van der Waals surface area contributed by atoms with Crippen LogP contribution in [0.15, 0.2) is 59.1 Å². The van der Waals surface area contributed by atoms with Gasteiger partial charge in [0.15, 0.2) is 0 Å². The van der Waals surface area contributed by atoms with Crippen molar-refractivity contribution >= 4 is 6.03 Å². The van der Waals surface area contributed by atoms with Gasteiger partial charge in [0.2, 0.25) is 11.7 Å². The fourth-order valence-electron chi connectivity index (χ4n) is 2.80. The van der Waals surface area contributed by atoms with Gasteiger partial charge in [0.1, 0.15) is 5.82 Å². The van der Waals surface area contributed by atoms with E-state index in [9.17, 15) is 9.18 Å². The fraction of sp³-hybridized carbons (Fsp3) is 0.211. The number of carbonyl (C=O) groups excluding carboxylic acids is 1. The molecule has 4 rings (SSSR count). The molecule has 3 aromatic rings. The summed E-state index contributed by atoms with van der Waals surface area (Å²) in [6, 6.07) is 15.5. The summed E-state index contributed by atoms with van der Waals surface area (Å²) >= 11 is 0. The zero-order valence-corrected chi connectivity index (χ0v) is 13.9. The number of halogens is 1. The lowest BCUT2D eigenvalue weighted by atomic mass is 10.0. The van der Waals surface area contributed by atoms with Crippen LogP contribution in [0.25, 0.3) is 11.4 Å². The normalized spacial score (nSPS) is 14.1. The standard InChI is InChI=1S/C19H17FN4O2/c20-16-8-6-13(7-9-16)10-21-19(25)24-11-15(12-24)18-22-17(23-26-18)14-4-2-1-3-5-14/h1-9,15H,10-12H2,(H,21,25). The van der Waals surface area contributed by atoms with Crippen LogP contribution in [-0.2, 0) is 6.54 Å². The Morgan fingerprint density at radius 2 is 1.88 bits per heavy atom. The molecule has 2 heterocycles. The second kappa shape index (κ2) is 6.95. The highest BCUT2D eigenvalue weighted by Gasteiger charge is 2.35. The summed E-state index contributed by atoms with van der Waals surface area (Å²) < 4.78 is 18.2. The average Bonchev–Trinajstić information content (AvgIpc) is 3.10. The summed E-state index contributed by atoms with van der Waals surface area (Å²) in [5.74, 6) is 0.864. The van der Waals surface area contributed by atoms with Crippen molar-refractivity contribution in [3.63, 3.8) is 0 Å². The predicted molar refractivity (Wildman–Crippen MR) is 92.7 cm³/mol. The minimum Gasteiger partial charge on any atom is -0.339 e. The Bertz CT molecular complexity index is 889. The summed E-state index contributed by atoms with van der Waals surface area (Å²) in [5.41, 5.74) is 1.75. The van der Waals surface area contributed by atoms with Crippen LogP contribution >= 0.6 is 0 Å². The first-order chi connectivity index (χ1) is 12.7. The number of hydrogen-bond donors (Lipinski definition) is 1. The van der Waals surface area contributed by atoms with Crippen LogP contribution in [-0.4, -0.2) is 34.2 Å². The van der Waals surface area contributed by atoms with Crippen LogP contribution in [0.2, 0.25) is 0 Å². The van der Waals surface area contributed by atoms with E-state index in [-0.39, 0.29) is 17.8 Å². The number of benzene rings is 2. The predicted octanol–water partition coefficient (Wildman–Crippen LogP) is 3.18. The van der Waals surface area contributed by atoms with Crippen LogP contribution in [0.3, 0.4) is 0 Å². The molecule has 0 radical (unpaired) electrons. The Kier molecular flexibility index (Phi) is 4.35. The smallest absolute Gasteiger partial charge is 0.317 e. The van der Waals surface area contributed by atoms with Gasteiger partial charge in [-0.2, -0.15) is 4.98 Å². The molecule has 1 saturated heterocycles. The van der Waals surface area contributed by atoms with Gasteiger partial charge in [0.05, 0.1) is 5.92 Å². The molecule has 1 fully saturated rings. The summed E-state index contributed by atoms with van der Waals surface area (Å²) in [5, 5.41) is 6.83. The van der Waals surface area contributed by atoms with Gasteiger partial charge in [-0.15, -0.1) is 0 Å². The van der Waals surface area contributed by atoms with Crippen molar-refractivity contribution in [2.45, 2.75) is 12.5 Å². The number of carbonyl (C=O) groups is 1. The average molecular weight is 352 g/mol. The van der Waals surface area contributed by atoms with E-state index in [4.69, 9.17) is 4.52 Å². The lowest BCUT2D eigenvalue weighted by Gasteiger charge is -2.36. The maximum absolute atomic E-state index is 12.9. The van der Waals surface area contributed by atoms with Crippen LogP contribution in [0.1, 0.15) is 17.4 Å². The van der Waals surface area contributed by atoms with E-state index in [0.29, 0.717) is 31.3 Å². The zero-order chi connectivity index (χ0) is 17.9. The van der Waals surface area contributed by atoms with Gasteiger partial charge in [0.25, 0.3) is 0 Å². The molecule has 132 valence electrons. The lowest BCUT2D eigenvalue weighted by Crippen LogP contribution is -2.52. The lowest BCUT2D eigenvalue weighted by molar-refractivity contribution is 0.136. The number of rotatable bonds is 4. The number of amides is 2. The Labute approximate surface area is 149 Å². The molecule has 0 unspecified atom stereocenters. The zero-order valence-electron chi connectivity index (χ0n) is 13.9. The first kappa shape index (κ1) is 16.3. The third kappa shape index (κ3) is 3.42. The van der Waals surface area contributed by atoms with Crippen molar-refractivity contribution < 1.29 is 13.7 Å². The molecule has 1 aliphatic rings. The van der Waals surface area contributed by atoms with Crippen LogP contribution in [0, 0.1) is 5.82 Å². The van der Waals surface area contributed by atoms with E-state index in [0.717, 1.165) is 11.1 Å². The molecular formula is C19H17FN4O2. The molecule has 1 aromatic heterocycles. The van der Waals surface area contributed by atoms with E-state index in [1.165, 1.54) is 12.1 Å². The first-order valence-electron chi connectivity index (χ1n) is 8.35. The van der Waals surface area contributed by atoms with Crippen molar-refractivity contribution in [3.8, 4) is 11.4 Å². The number of nitrogens with zero attached hydrogens (tertiary/aromatic N) is 3. The van der Waals surface area contributed by atoms with Crippen LogP contribution in [0.5, 0.6) is 0 Å². The Balaban J connectivity index is 1.29. The van der Waals surface area contributed by atoms with Gasteiger partial charge in [-0.1, -0.05) is 47.6 Å². The third-order valence-electron chi connectivity index (χ3n) is 4.35. The van der Waals surface area contributed by atoms with Crippen molar-refractivity contribution in [1.29, 1.82) is 0 Å². The molecule has 0 spiro atoms. The Morgan fingerprint density at radius 3 is 2.62 bits per heavy atom. The highest BCUT2D eigenvalue weighted by molar-refractivity contribution is 5.75. The van der Waals surface area contributed by atoms with E-state index in [1.807, 2.05) is 30.3 Å². The minimum atomic E-state index is -0.292.